The molecular weight excluding hydrogens is 337 g/mol. The van der Waals surface area contributed by atoms with Gasteiger partial charge in [-0.1, -0.05) is 25.1 Å². The first-order valence-corrected chi connectivity index (χ1v) is 8.24. The van der Waals surface area contributed by atoms with Gasteiger partial charge in [0.2, 0.25) is 5.78 Å². The van der Waals surface area contributed by atoms with Gasteiger partial charge in [0.05, 0.1) is 0 Å². The summed E-state index contributed by atoms with van der Waals surface area (Å²) in [6.45, 7) is 1.32. The number of esters is 1. The van der Waals surface area contributed by atoms with Crippen LogP contribution in [-0.4, -0.2) is 30.0 Å². The average Bonchev–Trinajstić information content (AvgIpc) is 3.10. The van der Waals surface area contributed by atoms with Crippen LogP contribution in [0.3, 0.4) is 0 Å². The Bertz CT molecular complexity index is 931. The van der Waals surface area contributed by atoms with Crippen LogP contribution < -0.4 is 4.74 Å². The summed E-state index contributed by atoms with van der Waals surface area (Å²) in [5, 5.41) is 0.813. The van der Waals surface area contributed by atoms with Gasteiger partial charge in [-0.15, -0.1) is 0 Å². The Balaban J connectivity index is 1.57. The molecule has 0 atom stereocenters. The molecule has 0 spiro atoms. The molecule has 0 aliphatic heterocycles. The zero-order valence-corrected chi connectivity index (χ0v) is 14.3. The summed E-state index contributed by atoms with van der Waals surface area (Å²) in [6.07, 6.45) is 2.48. The molecule has 0 bridgehead atoms. The van der Waals surface area contributed by atoms with Crippen molar-refractivity contribution in [3.63, 3.8) is 0 Å². The van der Waals surface area contributed by atoms with Crippen LogP contribution in [0.4, 0.5) is 4.39 Å². The fourth-order valence-electron chi connectivity index (χ4n) is 2.68. The summed E-state index contributed by atoms with van der Waals surface area (Å²) in [5.74, 6) is -1.01. The maximum atomic E-state index is 12.8. The number of carbonyl (C=O) groups excluding carboxylic acids is 2. The third kappa shape index (κ3) is 3.91. The Morgan fingerprint density at radius 3 is 2.58 bits per heavy atom. The maximum absolute atomic E-state index is 12.8. The Labute approximate surface area is 149 Å². The van der Waals surface area contributed by atoms with Gasteiger partial charge in [0.15, 0.2) is 13.2 Å². The second kappa shape index (κ2) is 7.82. The Morgan fingerprint density at radius 1 is 1.08 bits per heavy atom. The number of aromatic nitrogens is 1. The first kappa shape index (κ1) is 17.7. The normalized spacial score (nSPS) is 10.7. The van der Waals surface area contributed by atoms with E-state index in [1.807, 2.05) is 25.1 Å². The minimum atomic E-state index is -0.670. The van der Waals surface area contributed by atoms with E-state index in [1.54, 1.807) is 6.20 Å². The molecule has 0 saturated carbocycles. The van der Waals surface area contributed by atoms with E-state index in [0.29, 0.717) is 11.3 Å². The van der Waals surface area contributed by atoms with Gasteiger partial charge in [-0.3, -0.25) is 4.79 Å². The van der Waals surface area contributed by atoms with Crippen LogP contribution in [0.1, 0.15) is 22.8 Å². The molecule has 0 saturated heterocycles. The quantitative estimate of drug-likeness (QED) is 0.519. The van der Waals surface area contributed by atoms with Crippen LogP contribution in [0.25, 0.3) is 10.9 Å². The van der Waals surface area contributed by atoms with Crippen molar-refractivity contribution in [3.05, 3.63) is 65.6 Å². The van der Waals surface area contributed by atoms with E-state index in [9.17, 15) is 14.0 Å². The van der Waals surface area contributed by atoms with Crippen molar-refractivity contribution in [1.29, 1.82) is 0 Å². The molecule has 0 aliphatic rings. The lowest BCUT2D eigenvalue weighted by molar-refractivity contribution is -0.144. The van der Waals surface area contributed by atoms with Crippen LogP contribution in [-0.2, 0) is 16.0 Å². The second-order valence-corrected chi connectivity index (χ2v) is 5.72. The van der Waals surface area contributed by atoms with Crippen molar-refractivity contribution in [2.75, 3.05) is 13.2 Å². The molecule has 3 rings (SSSR count). The van der Waals surface area contributed by atoms with Crippen LogP contribution in [0.2, 0.25) is 0 Å². The number of ketones is 1. The number of hydrogen-bond acceptors (Lipinski definition) is 4. The number of Topliss-reactive ketones (excluding diaryl/α,β-unsaturated/α-hetero) is 1. The number of benzene rings is 2. The predicted octanol–water partition coefficient (Wildman–Crippen LogP) is 3.67. The third-order valence-electron chi connectivity index (χ3n) is 4.02. The van der Waals surface area contributed by atoms with Gasteiger partial charge >= 0.3 is 5.97 Å². The number of fused-ring (bicyclic) bond motifs is 1. The van der Waals surface area contributed by atoms with Crippen molar-refractivity contribution < 1.29 is 23.5 Å². The number of ether oxygens (including phenoxy) is 2. The van der Waals surface area contributed by atoms with Gasteiger partial charge < -0.3 is 14.5 Å². The highest BCUT2D eigenvalue weighted by molar-refractivity contribution is 6.09. The van der Waals surface area contributed by atoms with Crippen molar-refractivity contribution in [2.24, 2.45) is 0 Å². The lowest BCUT2D eigenvalue weighted by Crippen LogP contribution is -2.19. The summed E-state index contributed by atoms with van der Waals surface area (Å²) in [5.41, 5.74) is 2.53. The molecular formula is C20H18FNO4. The molecule has 1 aromatic heterocycles. The van der Waals surface area contributed by atoms with Crippen molar-refractivity contribution in [3.8, 4) is 5.75 Å². The second-order valence-electron chi connectivity index (χ2n) is 5.72. The van der Waals surface area contributed by atoms with Gasteiger partial charge in [0, 0.05) is 22.7 Å². The molecule has 0 amide bonds. The van der Waals surface area contributed by atoms with E-state index in [4.69, 9.17) is 9.47 Å². The molecule has 0 unspecified atom stereocenters. The molecule has 1 N–H and O–H groups in total. The summed E-state index contributed by atoms with van der Waals surface area (Å²) < 4.78 is 23.0. The molecule has 5 nitrogen and oxygen atoms in total. The van der Waals surface area contributed by atoms with E-state index in [2.05, 4.69) is 4.98 Å². The van der Waals surface area contributed by atoms with E-state index < -0.39 is 11.8 Å². The zero-order valence-electron chi connectivity index (χ0n) is 14.3. The van der Waals surface area contributed by atoms with E-state index in [1.165, 1.54) is 24.3 Å². The lowest BCUT2D eigenvalue weighted by Gasteiger charge is -2.06. The van der Waals surface area contributed by atoms with E-state index >= 15 is 0 Å². The SMILES string of the molecule is CCc1cccc2c(C(=O)COC(=O)COc3ccc(F)cc3)c[nH]c12. The van der Waals surface area contributed by atoms with Crippen molar-refractivity contribution in [1.82, 2.24) is 4.98 Å². The van der Waals surface area contributed by atoms with Gasteiger partial charge in [-0.25, -0.2) is 9.18 Å². The molecule has 0 aliphatic carbocycles. The lowest BCUT2D eigenvalue weighted by atomic mass is 10.1. The monoisotopic (exact) mass is 355 g/mol. The highest BCUT2D eigenvalue weighted by Crippen LogP contribution is 2.22. The number of carbonyl (C=O) groups is 2. The molecule has 2 aromatic carbocycles. The van der Waals surface area contributed by atoms with Crippen LogP contribution in [0.5, 0.6) is 5.75 Å². The topological polar surface area (TPSA) is 68.4 Å². The number of halogens is 1. The predicted molar refractivity (Wildman–Crippen MR) is 94.9 cm³/mol. The number of para-hydroxylation sites is 1. The first-order valence-electron chi connectivity index (χ1n) is 8.24. The average molecular weight is 355 g/mol. The summed E-state index contributed by atoms with van der Waals surface area (Å²) >= 11 is 0. The number of rotatable bonds is 7. The first-order chi connectivity index (χ1) is 12.6. The minimum Gasteiger partial charge on any atom is -0.482 e. The molecule has 6 heteroatoms. The minimum absolute atomic E-state index is 0.292. The third-order valence-corrected chi connectivity index (χ3v) is 4.02. The van der Waals surface area contributed by atoms with Crippen molar-refractivity contribution >= 4 is 22.7 Å². The number of nitrogens with one attached hydrogen (secondary N) is 1. The number of H-pyrrole nitrogens is 1. The molecule has 134 valence electrons. The number of aromatic amines is 1. The van der Waals surface area contributed by atoms with Gasteiger partial charge in [0.25, 0.3) is 0 Å². The molecule has 0 fully saturated rings. The fraction of sp³-hybridized carbons (Fsp3) is 0.200. The highest BCUT2D eigenvalue weighted by atomic mass is 19.1. The zero-order chi connectivity index (χ0) is 18.5. The standard InChI is InChI=1S/C20H18FNO4/c1-2-13-4-3-5-16-17(10-22-20(13)16)18(23)11-26-19(24)12-25-15-8-6-14(21)7-9-15/h3-10,22H,2,11-12H2,1H3. The van der Waals surface area contributed by atoms with Gasteiger partial charge in [0.1, 0.15) is 11.6 Å². The smallest absolute Gasteiger partial charge is 0.344 e. The summed E-state index contributed by atoms with van der Waals surface area (Å²) in [7, 11) is 0. The van der Waals surface area contributed by atoms with Crippen LogP contribution in [0, 0.1) is 5.82 Å². The van der Waals surface area contributed by atoms with Crippen LogP contribution >= 0.6 is 0 Å². The maximum Gasteiger partial charge on any atom is 0.344 e. The summed E-state index contributed by atoms with van der Waals surface area (Å²) in [4.78, 5) is 27.2. The highest BCUT2D eigenvalue weighted by Gasteiger charge is 2.15. The van der Waals surface area contributed by atoms with E-state index in [-0.39, 0.29) is 19.0 Å². The molecule has 1 heterocycles. The molecule has 26 heavy (non-hydrogen) atoms. The van der Waals surface area contributed by atoms with Crippen molar-refractivity contribution in [2.45, 2.75) is 13.3 Å². The molecule has 3 aromatic rings. The Morgan fingerprint density at radius 2 is 1.85 bits per heavy atom. The van der Waals surface area contributed by atoms with Crippen LogP contribution in [0.15, 0.2) is 48.7 Å². The fourth-order valence-corrected chi connectivity index (χ4v) is 2.68. The molecule has 0 radical (unpaired) electrons. The Kier molecular flexibility index (Phi) is 5.31. The summed E-state index contributed by atoms with van der Waals surface area (Å²) in [6, 6.07) is 11.0. The number of hydrogen-bond donors (Lipinski definition) is 1. The van der Waals surface area contributed by atoms with Gasteiger partial charge in [-0.05, 0) is 36.2 Å². The number of aryl methyl sites for hydroxylation is 1. The van der Waals surface area contributed by atoms with E-state index in [0.717, 1.165) is 22.9 Å². The Hall–Kier alpha value is -3.15. The largest absolute Gasteiger partial charge is 0.482 e. The van der Waals surface area contributed by atoms with Gasteiger partial charge in [-0.2, -0.15) is 0 Å².